The van der Waals surface area contributed by atoms with Gasteiger partial charge in [0, 0.05) is 38.8 Å². The summed E-state index contributed by atoms with van der Waals surface area (Å²) in [6.45, 7) is 9.04. The second-order valence-corrected chi connectivity index (χ2v) is 9.10. The van der Waals surface area contributed by atoms with Crippen molar-refractivity contribution in [1.29, 1.82) is 0 Å². The van der Waals surface area contributed by atoms with Crippen LogP contribution in [0.25, 0.3) is 0 Å². The fourth-order valence-electron chi connectivity index (χ4n) is 4.46. The number of nitrogens with one attached hydrogen (secondary N) is 1. The molecule has 0 atom stereocenters. The van der Waals surface area contributed by atoms with Crippen LogP contribution in [-0.2, 0) is 11.3 Å². The number of thiocarbonyl (C=S) groups is 1. The number of aryl methyl sites for hydroxylation is 1. The van der Waals surface area contributed by atoms with Crippen LogP contribution in [0.4, 0.5) is 0 Å². The Morgan fingerprint density at radius 3 is 2.59 bits per heavy atom. The van der Waals surface area contributed by atoms with Crippen LogP contribution in [0.3, 0.4) is 0 Å². The Morgan fingerprint density at radius 1 is 1.14 bits per heavy atom. The average Bonchev–Trinajstić information content (AvgIpc) is 2.70. The fourth-order valence-corrected chi connectivity index (χ4v) is 4.78. The fraction of sp³-hybridized carbons (Fsp3) is 0.708. The van der Waals surface area contributed by atoms with Gasteiger partial charge in [-0.15, -0.1) is 0 Å². The van der Waals surface area contributed by atoms with Crippen molar-refractivity contribution in [2.75, 3.05) is 39.4 Å². The van der Waals surface area contributed by atoms with Crippen LogP contribution in [0.15, 0.2) is 24.3 Å². The van der Waals surface area contributed by atoms with Gasteiger partial charge >= 0.3 is 0 Å². The maximum Gasteiger partial charge on any atom is 0.169 e. The minimum atomic E-state index is 0.544. The molecule has 0 spiro atoms. The SMILES string of the molecule is Cc1cccc(CN(CCCN2CCOCC2)C(=S)NC2CCCCCCC2)c1. The third-order valence-corrected chi connectivity index (χ3v) is 6.56. The van der Waals surface area contributed by atoms with Gasteiger partial charge in [-0.2, -0.15) is 0 Å². The quantitative estimate of drug-likeness (QED) is 0.659. The lowest BCUT2D eigenvalue weighted by Crippen LogP contribution is -2.45. The topological polar surface area (TPSA) is 27.7 Å². The summed E-state index contributed by atoms with van der Waals surface area (Å²) in [4.78, 5) is 4.91. The lowest BCUT2D eigenvalue weighted by atomic mass is 9.97. The first-order valence-corrected chi connectivity index (χ1v) is 12.0. The molecular formula is C24H39N3OS. The van der Waals surface area contributed by atoms with Crippen molar-refractivity contribution in [3.05, 3.63) is 35.4 Å². The smallest absolute Gasteiger partial charge is 0.169 e. The van der Waals surface area contributed by atoms with Crippen molar-refractivity contribution in [3.8, 4) is 0 Å². The molecule has 1 N–H and O–H groups in total. The van der Waals surface area contributed by atoms with E-state index in [4.69, 9.17) is 17.0 Å². The van der Waals surface area contributed by atoms with E-state index >= 15 is 0 Å². The second-order valence-electron chi connectivity index (χ2n) is 8.71. The molecule has 3 rings (SSSR count). The number of hydrogen-bond donors (Lipinski definition) is 1. The molecule has 0 unspecified atom stereocenters. The molecule has 0 amide bonds. The van der Waals surface area contributed by atoms with E-state index in [2.05, 4.69) is 46.3 Å². The van der Waals surface area contributed by atoms with Crippen molar-refractivity contribution in [3.63, 3.8) is 0 Å². The molecule has 29 heavy (non-hydrogen) atoms. The molecule has 1 heterocycles. The molecule has 1 aromatic carbocycles. The third kappa shape index (κ3) is 8.23. The van der Waals surface area contributed by atoms with Crippen LogP contribution in [0.2, 0.25) is 0 Å². The Hall–Kier alpha value is -1.17. The molecule has 1 saturated heterocycles. The zero-order valence-corrected chi connectivity index (χ0v) is 19.0. The summed E-state index contributed by atoms with van der Waals surface area (Å²) in [7, 11) is 0. The van der Waals surface area contributed by atoms with Gasteiger partial charge in [-0.1, -0.05) is 61.9 Å². The zero-order valence-electron chi connectivity index (χ0n) is 18.2. The average molecular weight is 418 g/mol. The molecule has 1 aliphatic heterocycles. The molecule has 4 nitrogen and oxygen atoms in total. The van der Waals surface area contributed by atoms with Crippen LogP contribution in [0.1, 0.15) is 62.5 Å². The molecular weight excluding hydrogens is 378 g/mol. The van der Waals surface area contributed by atoms with Crippen LogP contribution in [0, 0.1) is 6.92 Å². The van der Waals surface area contributed by atoms with Gasteiger partial charge in [0.15, 0.2) is 5.11 Å². The first-order valence-electron chi connectivity index (χ1n) is 11.6. The number of benzene rings is 1. The number of hydrogen-bond acceptors (Lipinski definition) is 3. The molecule has 0 aromatic heterocycles. The number of morpholine rings is 1. The first-order chi connectivity index (χ1) is 14.2. The van der Waals surface area contributed by atoms with Gasteiger partial charge < -0.3 is 15.0 Å². The maximum atomic E-state index is 5.92. The Balaban J connectivity index is 1.56. The molecule has 0 radical (unpaired) electrons. The largest absolute Gasteiger partial charge is 0.379 e. The van der Waals surface area contributed by atoms with Crippen LogP contribution >= 0.6 is 12.2 Å². The number of rotatable bonds is 7. The predicted octanol–water partition coefficient (Wildman–Crippen LogP) is 4.51. The Morgan fingerprint density at radius 2 is 1.86 bits per heavy atom. The molecule has 2 fully saturated rings. The molecule has 0 bridgehead atoms. The minimum Gasteiger partial charge on any atom is -0.379 e. The maximum absolute atomic E-state index is 5.92. The number of ether oxygens (including phenoxy) is 1. The lowest BCUT2D eigenvalue weighted by Gasteiger charge is -2.32. The molecule has 2 aliphatic rings. The van der Waals surface area contributed by atoms with E-state index in [0.717, 1.165) is 57.5 Å². The Bertz CT molecular complexity index is 610. The highest BCUT2D eigenvalue weighted by Crippen LogP contribution is 2.18. The van der Waals surface area contributed by atoms with Crippen LogP contribution in [-0.4, -0.2) is 60.3 Å². The summed E-state index contributed by atoms with van der Waals surface area (Å²) in [5, 5.41) is 4.68. The molecule has 162 valence electrons. The molecule has 1 saturated carbocycles. The Kier molecular flexibility index (Phi) is 9.71. The van der Waals surface area contributed by atoms with E-state index in [-0.39, 0.29) is 0 Å². The second kappa shape index (κ2) is 12.5. The summed E-state index contributed by atoms with van der Waals surface area (Å²) < 4.78 is 5.48. The number of nitrogens with zero attached hydrogens (tertiary/aromatic N) is 2. The van der Waals surface area contributed by atoms with Crippen molar-refractivity contribution in [2.24, 2.45) is 0 Å². The minimum absolute atomic E-state index is 0.544. The first kappa shape index (κ1) is 22.5. The normalized spacial score (nSPS) is 19.3. The van der Waals surface area contributed by atoms with E-state index in [1.54, 1.807) is 0 Å². The molecule has 1 aliphatic carbocycles. The predicted molar refractivity (Wildman–Crippen MR) is 125 cm³/mol. The van der Waals surface area contributed by atoms with Gasteiger partial charge in [-0.3, -0.25) is 4.90 Å². The van der Waals surface area contributed by atoms with Gasteiger partial charge in [0.1, 0.15) is 0 Å². The van der Waals surface area contributed by atoms with E-state index in [9.17, 15) is 0 Å². The Labute approximate surface area is 183 Å². The highest BCUT2D eigenvalue weighted by molar-refractivity contribution is 7.80. The van der Waals surface area contributed by atoms with Gasteiger partial charge in [0.2, 0.25) is 0 Å². The molecule has 1 aromatic rings. The summed E-state index contributed by atoms with van der Waals surface area (Å²) in [5.74, 6) is 0. The van der Waals surface area contributed by atoms with Gasteiger partial charge in [-0.25, -0.2) is 0 Å². The van der Waals surface area contributed by atoms with Crippen LogP contribution in [0.5, 0.6) is 0 Å². The van der Waals surface area contributed by atoms with E-state index in [0.29, 0.717) is 6.04 Å². The standard InChI is InChI=1S/C24H39N3OS/c1-21-9-7-10-22(19-21)20-27(14-8-13-26-15-17-28-18-16-26)24(29)25-23-11-5-3-2-4-6-12-23/h7,9-10,19,23H,2-6,8,11-18,20H2,1H3,(H,25,29). The summed E-state index contributed by atoms with van der Waals surface area (Å²) >= 11 is 5.92. The monoisotopic (exact) mass is 417 g/mol. The highest BCUT2D eigenvalue weighted by atomic mass is 32.1. The van der Waals surface area contributed by atoms with E-state index < -0.39 is 0 Å². The zero-order chi connectivity index (χ0) is 20.3. The van der Waals surface area contributed by atoms with Crippen molar-refractivity contribution in [1.82, 2.24) is 15.1 Å². The van der Waals surface area contributed by atoms with Crippen LogP contribution < -0.4 is 5.32 Å². The molecule has 5 heteroatoms. The lowest BCUT2D eigenvalue weighted by molar-refractivity contribution is 0.0367. The van der Waals surface area contributed by atoms with Crippen molar-refractivity contribution >= 4 is 17.3 Å². The van der Waals surface area contributed by atoms with Crippen molar-refractivity contribution < 1.29 is 4.74 Å². The summed E-state index contributed by atoms with van der Waals surface area (Å²) in [5.41, 5.74) is 2.66. The van der Waals surface area contributed by atoms with E-state index in [1.807, 2.05) is 0 Å². The van der Waals surface area contributed by atoms with Gasteiger partial charge in [0.05, 0.1) is 13.2 Å². The van der Waals surface area contributed by atoms with E-state index in [1.165, 1.54) is 56.1 Å². The summed E-state index contributed by atoms with van der Waals surface area (Å²) in [6, 6.07) is 9.37. The van der Waals surface area contributed by atoms with Gasteiger partial charge in [0.25, 0.3) is 0 Å². The summed E-state index contributed by atoms with van der Waals surface area (Å²) in [6.07, 6.45) is 10.5. The third-order valence-electron chi connectivity index (χ3n) is 6.18. The van der Waals surface area contributed by atoms with Crippen molar-refractivity contribution in [2.45, 2.75) is 70.9 Å². The highest BCUT2D eigenvalue weighted by Gasteiger charge is 2.17. The van der Waals surface area contributed by atoms with Gasteiger partial charge in [-0.05, 0) is 44.0 Å².